The van der Waals surface area contributed by atoms with Crippen molar-refractivity contribution >= 4 is 0 Å². The van der Waals surface area contributed by atoms with Gasteiger partial charge >= 0.3 is 0 Å². The molecule has 10 heavy (non-hydrogen) atoms. The summed E-state index contributed by atoms with van der Waals surface area (Å²) in [5.74, 6) is 1.31. The number of furan rings is 1. The number of hydrogen-bond donors (Lipinski definition) is 0. The number of rotatable bonds is 2. The predicted molar refractivity (Wildman–Crippen MR) is 37.4 cm³/mol. The molecule has 0 spiro atoms. The molecule has 0 atom stereocenters. The second kappa shape index (κ2) is 3.07. The lowest BCUT2D eigenvalue weighted by Crippen LogP contribution is -1.74. The van der Waals surface area contributed by atoms with E-state index in [0.29, 0.717) is 5.76 Å². The van der Waals surface area contributed by atoms with Crippen LogP contribution in [0.15, 0.2) is 16.5 Å². The van der Waals surface area contributed by atoms with E-state index in [1.54, 1.807) is 6.07 Å². The van der Waals surface area contributed by atoms with Gasteiger partial charge < -0.3 is 4.42 Å². The summed E-state index contributed by atoms with van der Waals surface area (Å²) in [5.41, 5.74) is 0. The van der Waals surface area contributed by atoms with Crippen LogP contribution in [0.3, 0.4) is 0 Å². The van der Waals surface area contributed by atoms with Gasteiger partial charge in [-0.3, -0.25) is 0 Å². The summed E-state index contributed by atoms with van der Waals surface area (Å²) in [6, 6.07) is 5.49. The van der Waals surface area contributed by atoms with E-state index in [-0.39, 0.29) is 0 Å². The monoisotopic (exact) mass is 135 g/mol. The Bertz CT molecular complexity index is 244. The van der Waals surface area contributed by atoms with Gasteiger partial charge in [-0.1, -0.05) is 6.92 Å². The zero-order chi connectivity index (χ0) is 7.40. The van der Waals surface area contributed by atoms with Crippen LogP contribution in [-0.4, -0.2) is 0 Å². The maximum Gasteiger partial charge on any atom is 0.203 e. The Morgan fingerprint density at radius 3 is 2.90 bits per heavy atom. The van der Waals surface area contributed by atoms with Gasteiger partial charge in [0.25, 0.3) is 0 Å². The fourth-order valence-corrected chi connectivity index (χ4v) is 0.819. The Morgan fingerprint density at radius 1 is 1.60 bits per heavy atom. The number of nitrogens with zero attached hydrogens (tertiary/aromatic N) is 1. The van der Waals surface area contributed by atoms with Gasteiger partial charge in [-0.05, 0) is 18.6 Å². The second-order valence-electron chi connectivity index (χ2n) is 2.13. The van der Waals surface area contributed by atoms with Crippen molar-refractivity contribution in [1.29, 1.82) is 5.26 Å². The van der Waals surface area contributed by atoms with E-state index in [2.05, 4.69) is 6.92 Å². The summed E-state index contributed by atoms with van der Waals surface area (Å²) in [5, 5.41) is 8.38. The van der Waals surface area contributed by atoms with Gasteiger partial charge in [0.2, 0.25) is 5.76 Å². The van der Waals surface area contributed by atoms with E-state index in [1.807, 2.05) is 12.1 Å². The highest BCUT2D eigenvalue weighted by atomic mass is 16.3. The van der Waals surface area contributed by atoms with Crippen LogP contribution in [0, 0.1) is 11.3 Å². The SMILES string of the molecule is CCCc1ccc(C#N)o1. The summed E-state index contributed by atoms with van der Waals surface area (Å²) in [4.78, 5) is 0. The van der Waals surface area contributed by atoms with Crippen LogP contribution in [0.25, 0.3) is 0 Å². The van der Waals surface area contributed by atoms with Crippen LogP contribution in [0.5, 0.6) is 0 Å². The maximum absolute atomic E-state index is 8.38. The molecule has 2 nitrogen and oxygen atoms in total. The molecule has 0 N–H and O–H groups in total. The minimum Gasteiger partial charge on any atom is -0.451 e. The van der Waals surface area contributed by atoms with E-state index in [1.165, 1.54) is 0 Å². The first kappa shape index (κ1) is 6.88. The smallest absolute Gasteiger partial charge is 0.203 e. The molecular weight excluding hydrogens is 126 g/mol. The van der Waals surface area contributed by atoms with Crippen molar-refractivity contribution < 1.29 is 4.42 Å². The fraction of sp³-hybridized carbons (Fsp3) is 0.375. The first-order chi connectivity index (χ1) is 4.86. The highest BCUT2D eigenvalue weighted by molar-refractivity contribution is 5.18. The topological polar surface area (TPSA) is 36.9 Å². The van der Waals surface area contributed by atoms with Crippen molar-refractivity contribution in [2.45, 2.75) is 19.8 Å². The van der Waals surface area contributed by atoms with Crippen LogP contribution in [0.2, 0.25) is 0 Å². The van der Waals surface area contributed by atoms with Gasteiger partial charge in [0.15, 0.2) is 0 Å². The van der Waals surface area contributed by atoms with Gasteiger partial charge in [-0.2, -0.15) is 5.26 Å². The molecule has 1 aromatic rings. The normalized spacial score (nSPS) is 9.20. The van der Waals surface area contributed by atoms with Crippen molar-refractivity contribution in [3.63, 3.8) is 0 Å². The summed E-state index contributed by atoms with van der Waals surface area (Å²) in [6.45, 7) is 2.08. The highest BCUT2D eigenvalue weighted by Crippen LogP contribution is 2.07. The average molecular weight is 135 g/mol. The first-order valence-corrected chi connectivity index (χ1v) is 3.35. The van der Waals surface area contributed by atoms with Gasteiger partial charge in [-0.15, -0.1) is 0 Å². The molecule has 0 aliphatic carbocycles. The van der Waals surface area contributed by atoms with E-state index >= 15 is 0 Å². The Kier molecular flexibility index (Phi) is 2.11. The molecule has 1 heterocycles. The zero-order valence-electron chi connectivity index (χ0n) is 5.92. The molecule has 0 aliphatic heterocycles. The van der Waals surface area contributed by atoms with E-state index in [0.717, 1.165) is 18.6 Å². The Balaban J connectivity index is 2.71. The lowest BCUT2D eigenvalue weighted by molar-refractivity contribution is 0.495. The Morgan fingerprint density at radius 2 is 2.40 bits per heavy atom. The average Bonchev–Trinajstić information content (AvgIpc) is 2.37. The first-order valence-electron chi connectivity index (χ1n) is 3.35. The van der Waals surface area contributed by atoms with Crippen molar-refractivity contribution in [1.82, 2.24) is 0 Å². The van der Waals surface area contributed by atoms with Crippen molar-refractivity contribution in [3.8, 4) is 6.07 Å². The van der Waals surface area contributed by atoms with Crippen LogP contribution in [-0.2, 0) is 6.42 Å². The molecule has 0 aromatic carbocycles. The number of aryl methyl sites for hydroxylation is 1. The standard InChI is InChI=1S/C8H9NO/c1-2-3-7-4-5-8(6-9)10-7/h4-5H,2-3H2,1H3. The molecule has 0 unspecified atom stereocenters. The number of hydrogen-bond acceptors (Lipinski definition) is 2. The maximum atomic E-state index is 8.38. The minimum atomic E-state index is 0.406. The third-order valence-electron chi connectivity index (χ3n) is 1.27. The van der Waals surface area contributed by atoms with Crippen LogP contribution < -0.4 is 0 Å². The Labute approximate surface area is 60.1 Å². The lowest BCUT2D eigenvalue weighted by Gasteiger charge is -1.86. The lowest BCUT2D eigenvalue weighted by atomic mass is 10.3. The molecule has 0 saturated heterocycles. The third kappa shape index (κ3) is 1.38. The number of nitriles is 1. The van der Waals surface area contributed by atoms with E-state index < -0.39 is 0 Å². The van der Waals surface area contributed by atoms with E-state index in [9.17, 15) is 0 Å². The van der Waals surface area contributed by atoms with Gasteiger partial charge in [0.1, 0.15) is 11.8 Å². The van der Waals surface area contributed by atoms with Gasteiger partial charge in [-0.25, -0.2) is 0 Å². The fourth-order valence-electron chi connectivity index (χ4n) is 0.819. The molecule has 1 rings (SSSR count). The molecule has 0 aliphatic rings. The quantitative estimate of drug-likeness (QED) is 0.622. The van der Waals surface area contributed by atoms with Crippen LogP contribution >= 0.6 is 0 Å². The van der Waals surface area contributed by atoms with Crippen molar-refractivity contribution in [2.24, 2.45) is 0 Å². The van der Waals surface area contributed by atoms with Crippen molar-refractivity contribution in [3.05, 3.63) is 23.7 Å². The predicted octanol–water partition coefficient (Wildman–Crippen LogP) is 2.10. The zero-order valence-corrected chi connectivity index (χ0v) is 5.92. The highest BCUT2D eigenvalue weighted by Gasteiger charge is 1.97. The molecular formula is C8H9NO. The molecule has 2 heteroatoms. The second-order valence-corrected chi connectivity index (χ2v) is 2.13. The Hall–Kier alpha value is -1.23. The molecule has 0 bridgehead atoms. The van der Waals surface area contributed by atoms with Crippen LogP contribution in [0.1, 0.15) is 24.9 Å². The summed E-state index contributed by atoms with van der Waals surface area (Å²) < 4.78 is 5.11. The van der Waals surface area contributed by atoms with Gasteiger partial charge in [0.05, 0.1) is 0 Å². The third-order valence-corrected chi connectivity index (χ3v) is 1.27. The largest absolute Gasteiger partial charge is 0.451 e. The summed E-state index contributed by atoms with van der Waals surface area (Å²) >= 11 is 0. The van der Waals surface area contributed by atoms with Crippen LogP contribution in [0.4, 0.5) is 0 Å². The molecule has 0 fully saturated rings. The molecule has 1 aromatic heterocycles. The van der Waals surface area contributed by atoms with E-state index in [4.69, 9.17) is 9.68 Å². The molecule has 52 valence electrons. The summed E-state index contributed by atoms with van der Waals surface area (Å²) in [6.07, 6.45) is 1.97. The van der Waals surface area contributed by atoms with Gasteiger partial charge in [0, 0.05) is 6.42 Å². The minimum absolute atomic E-state index is 0.406. The molecule has 0 saturated carbocycles. The van der Waals surface area contributed by atoms with Crippen molar-refractivity contribution in [2.75, 3.05) is 0 Å². The molecule has 0 radical (unpaired) electrons. The molecule has 0 amide bonds. The summed E-state index contributed by atoms with van der Waals surface area (Å²) in [7, 11) is 0.